The molecule has 0 aliphatic carbocycles. The fraction of sp³-hybridized carbons (Fsp3) is 0.185. The number of Topliss-reactive ketones (excluding diaryl/α,β-unsaturated/α-hetero) is 1. The van der Waals surface area contributed by atoms with Crippen molar-refractivity contribution < 1.29 is 49.8 Å². The van der Waals surface area contributed by atoms with E-state index in [1.54, 1.807) is 78.9 Å². The second-order valence-corrected chi connectivity index (χ2v) is 20.8. The third-order valence-electron chi connectivity index (χ3n) is 14.6. The summed E-state index contributed by atoms with van der Waals surface area (Å²) in [4.78, 5) is 50.6. The van der Waals surface area contributed by atoms with Crippen LogP contribution in [0.25, 0.3) is 67.3 Å². The van der Waals surface area contributed by atoms with Crippen molar-refractivity contribution in [3.8, 4) is 34.6 Å². The number of amides is 1. The number of anilines is 2. The van der Waals surface area contributed by atoms with Gasteiger partial charge in [-0.2, -0.15) is 15.3 Å². The van der Waals surface area contributed by atoms with Crippen molar-refractivity contribution in [3.05, 3.63) is 221 Å². The monoisotopic (exact) mass is 1240 g/mol. The average molecular weight is 1240 g/mol. The van der Waals surface area contributed by atoms with Crippen molar-refractivity contribution in [2.45, 2.75) is 45.8 Å². The van der Waals surface area contributed by atoms with Gasteiger partial charge in [-0.05, 0) is 62.6 Å². The molecule has 0 atom stereocenters. The first-order chi connectivity index (χ1) is 44.1. The molecule has 462 valence electrons. The van der Waals surface area contributed by atoms with Crippen LogP contribution in [0.3, 0.4) is 0 Å². The van der Waals surface area contributed by atoms with Gasteiger partial charge in [-0.3, -0.25) is 23.6 Å². The smallest absolute Gasteiger partial charge is 0.256 e. The minimum absolute atomic E-state index is 0.000914. The zero-order valence-corrected chi connectivity index (χ0v) is 48.3. The molecular formula is C65H53F8N15O3. The number of fused-ring (bicyclic) bond motifs is 3. The lowest BCUT2D eigenvalue weighted by atomic mass is 10.1. The highest BCUT2D eigenvalue weighted by atomic mass is 19.2. The maximum atomic E-state index is 14.7. The molecule has 1 amide bonds. The molecule has 6 aromatic heterocycles. The Labute approximate surface area is 512 Å². The summed E-state index contributed by atoms with van der Waals surface area (Å²) in [6, 6.07) is 32.2. The zero-order chi connectivity index (χ0) is 63.7. The van der Waals surface area contributed by atoms with E-state index < -0.39 is 40.7 Å². The first-order valence-corrected chi connectivity index (χ1v) is 28.5. The van der Waals surface area contributed by atoms with Crippen LogP contribution in [0.1, 0.15) is 53.2 Å². The minimum Gasteiger partial charge on any atom is -0.395 e. The Kier molecular flexibility index (Phi) is 18.8. The first-order valence-electron chi connectivity index (χ1n) is 28.5. The van der Waals surface area contributed by atoms with Crippen molar-refractivity contribution in [1.29, 1.82) is 0 Å². The van der Waals surface area contributed by atoms with Crippen LogP contribution in [-0.4, -0.2) is 114 Å². The van der Waals surface area contributed by atoms with Crippen molar-refractivity contribution in [3.63, 3.8) is 0 Å². The van der Waals surface area contributed by atoms with Gasteiger partial charge in [0.15, 0.2) is 40.7 Å². The summed E-state index contributed by atoms with van der Waals surface area (Å²) in [6.07, 6.45) is 8.04. The molecule has 18 nitrogen and oxygen atoms in total. The van der Waals surface area contributed by atoms with Gasteiger partial charge in [-0.1, -0.05) is 91.0 Å². The van der Waals surface area contributed by atoms with E-state index in [9.17, 15) is 44.7 Å². The molecule has 91 heavy (non-hydrogen) atoms. The molecule has 1 aliphatic rings. The Morgan fingerprint density at radius 2 is 0.824 bits per heavy atom. The predicted octanol–water partition coefficient (Wildman–Crippen LogP) is 11.8. The number of carbonyl (C=O) groups excluding carboxylic acids is 2. The fourth-order valence-corrected chi connectivity index (χ4v) is 10.2. The van der Waals surface area contributed by atoms with Gasteiger partial charge in [0.2, 0.25) is 0 Å². The van der Waals surface area contributed by atoms with E-state index in [4.69, 9.17) is 5.11 Å². The summed E-state index contributed by atoms with van der Waals surface area (Å²) in [5.41, 5.74) is 2.90. The lowest BCUT2D eigenvalue weighted by molar-refractivity contribution is -0.115. The van der Waals surface area contributed by atoms with Gasteiger partial charge < -0.3 is 20.6 Å². The molecule has 0 radical (unpaired) electrons. The second kappa shape index (κ2) is 27.7. The van der Waals surface area contributed by atoms with Gasteiger partial charge >= 0.3 is 0 Å². The molecule has 1 fully saturated rings. The number of piperidine rings is 1. The van der Waals surface area contributed by atoms with Crippen LogP contribution in [0.2, 0.25) is 0 Å². The van der Waals surface area contributed by atoms with Crippen LogP contribution in [-0.2, 0) is 24.4 Å². The van der Waals surface area contributed by atoms with Gasteiger partial charge in [0, 0.05) is 64.9 Å². The molecule has 0 spiro atoms. The predicted molar refractivity (Wildman–Crippen MR) is 323 cm³/mol. The molecule has 12 aromatic rings. The van der Waals surface area contributed by atoms with Crippen molar-refractivity contribution in [2.75, 3.05) is 43.4 Å². The topological polar surface area (TPSA) is 212 Å². The number of halogens is 8. The number of benzene rings is 6. The van der Waals surface area contributed by atoms with E-state index in [2.05, 4.69) is 55.8 Å². The van der Waals surface area contributed by atoms with Gasteiger partial charge in [-0.15, -0.1) is 0 Å². The van der Waals surface area contributed by atoms with E-state index in [-0.39, 0.29) is 114 Å². The van der Waals surface area contributed by atoms with Crippen LogP contribution in [0.5, 0.6) is 0 Å². The Balaban J connectivity index is 0.000000140. The molecule has 3 N–H and O–H groups in total. The Morgan fingerprint density at radius 1 is 0.451 bits per heavy atom. The summed E-state index contributed by atoms with van der Waals surface area (Å²) < 4.78 is 118. The van der Waals surface area contributed by atoms with E-state index >= 15 is 0 Å². The quantitative estimate of drug-likeness (QED) is 0.0768. The van der Waals surface area contributed by atoms with E-state index in [1.165, 1.54) is 81.9 Å². The number of carbonyl (C=O) groups is 2. The van der Waals surface area contributed by atoms with Crippen LogP contribution in [0.15, 0.2) is 152 Å². The number of hydrogen-bond donors (Lipinski definition) is 3. The van der Waals surface area contributed by atoms with Crippen LogP contribution in [0, 0.1) is 46.5 Å². The number of nitrogens with zero attached hydrogens (tertiary/aromatic N) is 13. The lowest BCUT2D eigenvalue weighted by Crippen LogP contribution is -2.35. The number of ketones is 1. The van der Waals surface area contributed by atoms with E-state index in [0.29, 0.717) is 44.1 Å². The molecule has 0 unspecified atom stereocenters. The Hall–Kier alpha value is -10.9. The average Bonchev–Trinajstić information content (AvgIpc) is 1.68. The molecule has 7 heterocycles. The van der Waals surface area contributed by atoms with Crippen LogP contribution in [0.4, 0.5) is 46.8 Å². The third-order valence-corrected chi connectivity index (χ3v) is 14.6. The second-order valence-electron chi connectivity index (χ2n) is 20.8. The summed E-state index contributed by atoms with van der Waals surface area (Å²) in [5, 5.41) is 28.8. The molecular weight excluding hydrogens is 1190 g/mol. The number of aromatic nitrogens is 12. The number of likely N-dealkylation sites (tertiary alicyclic amines) is 1. The normalized spacial score (nSPS) is 12.2. The maximum Gasteiger partial charge on any atom is 0.256 e. The first kappa shape index (κ1) is 61.7. The fourth-order valence-electron chi connectivity index (χ4n) is 10.2. The van der Waals surface area contributed by atoms with Gasteiger partial charge in [0.1, 0.15) is 74.3 Å². The van der Waals surface area contributed by atoms with Crippen molar-refractivity contribution in [2.24, 2.45) is 0 Å². The zero-order valence-electron chi connectivity index (χ0n) is 48.3. The number of aliphatic hydroxyl groups is 1. The number of aliphatic hydroxyl groups excluding tert-OH is 1. The molecule has 1 aliphatic heterocycles. The van der Waals surface area contributed by atoms with Gasteiger partial charge in [0.05, 0.1) is 50.7 Å². The highest BCUT2D eigenvalue weighted by molar-refractivity contribution is 5.96. The molecule has 13 rings (SSSR count). The number of para-hydroxylation sites is 3. The minimum atomic E-state index is -0.735. The SMILES string of the molecule is CC(=O)CNc1nc(-c2nn(Cc3ccccc3F)c3c(F)cccc23)ncc1F.O=C(c1cnc(-c2nn(Cc3ccccc3F)c3c(F)cccc23)nc1)N1CCCCC1.OCCNc1nc(-c2nn(Cc3ccccc3F)c3c(F)cccc23)ncc1F. The summed E-state index contributed by atoms with van der Waals surface area (Å²) in [6.45, 7) is 2.68. The number of nitrogens with one attached hydrogen (secondary N) is 2. The van der Waals surface area contributed by atoms with Crippen LogP contribution >= 0.6 is 0 Å². The molecule has 0 saturated carbocycles. The highest BCUT2D eigenvalue weighted by Crippen LogP contribution is 2.33. The summed E-state index contributed by atoms with van der Waals surface area (Å²) in [7, 11) is 0. The molecule has 26 heteroatoms. The number of hydrogen-bond acceptors (Lipinski definition) is 14. The van der Waals surface area contributed by atoms with Crippen molar-refractivity contribution >= 4 is 56.0 Å². The Bertz CT molecular complexity index is 4630. The largest absolute Gasteiger partial charge is 0.395 e. The van der Waals surface area contributed by atoms with E-state index in [0.717, 1.165) is 44.7 Å². The maximum absolute atomic E-state index is 14.7. The highest BCUT2D eigenvalue weighted by Gasteiger charge is 2.25. The summed E-state index contributed by atoms with van der Waals surface area (Å²) >= 11 is 0. The molecule has 6 aromatic carbocycles. The lowest BCUT2D eigenvalue weighted by Gasteiger charge is -2.26. The van der Waals surface area contributed by atoms with E-state index in [1.807, 2.05) is 4.90 Å². The van der Waals surface area contributed by atoms with Crippen LogP contribution < -0.4 is 10.6 Å². The Morgan fingerprint density at radius 3 is 1.22 bits per heavy atom. The molecule has 0 bridgehead atoms. The van der Waals surface area contributed by atoms with Crippen molar-refractivity contribution in [1.82, 2.24) is 64.1 Å². The summed E-state index contributed by atoms with van der Waals surface area (Å²) in [5.74, 6) is -4.35. The van der Waals surface area contributed by atoms with Gasteiger partial charge in [-0.25, -0.2) is 65.0 Å². The van der Waals surface area contributed by atoms with Gasteiger partial charge in [0.25, 0.3) is 5.91 Å². The molecule has 1 saturated heterocycles. The number of rotatable bonds is 16. The third kappa shape index (κ3) is 13.7. The standard InChI is InChI=1S/C24H21F2N5O.C21H16F3N5O.C20H16F3N5O/c25-19-9-3-2-7-16(19)15-31-22-18(8-6-10-20(22)26)21(29-31)23-27-13-17(14-28-23)24(32)30-11-4-1-5-12-30;1-12(30)9-25-20-17(24)10-26-21(27-20)18-14-6-4-8-16(23)19(14)29(28-18)11-13-5-2-3-7-15(13)22;21-14-6-2-1-4-12(14)11-28-18-13(5-3-7-15(18)22)17(27-28)20-25-10-16(23)19(26-20)24-8-9-29/h2-3,6-10,13-14H,1,4-5,11-12,15H2;2-8,10H,9,11H2,1H3,(H,25,26,27);1-7,10,29H,8-9,11H2,(H,24,25,26).